The zero-order valence-electron chi connectivity index (χ0n) is 16.8. The molecule has 0 bridgehead atoms. The number of aliphatic imine (C=N–C) groups is 1. The Labute approximate surface area is 178 Å². The number of nitrogens with two attached hydrogens (primary N) is 1. The van der Waals surface area contributed by atoms with E-state index < -0.39 is 0 Å². The predicted octanol–water partition coefficient (Wildman–Crippen LogP) is 1.28. The van der Waals surface area contributed by atoms with E-state index in [-0.39, 0.29) is 17.5 Å². The fourth-order valence-corrected chi connectivity index (χ4v) is 3.66. The molecule has 31 heavy (non-hydrogen) atoms. The smallest absolute Gasteiger partial charge is 0.261 e. The first kappa shape index (κ1) is 19.2. The lowest BCUT2D eigenvalue weighted by atomic mass is 9.97. The van der Waals surface area contributed by atoms with Crippen molar-refractivity contribution in [3.8, 4) is 11.3 Å². The van der Waals surface area contributed by atoms with Crippen molar-refractivity contribution in [2.75, 3.05) is 42.3 Å². The number of dihydropyridines is 1. The van der Waals surface area contributed by atoms with Gasteiger partial charge in [0, 0.05) is 31.6 Å². The monoisotopic (exact) mass is 418 g/mol. The standard InChI is InChI=1S/C21H22N8O2/c22-20-24-12-15(19(30)28-20)17-10-18(27-21(26-17)29-5-7-31-8-6-29)25-14-9-13-3-1-2-4-16(13)23-11-14/h1-3,9-12,16H,4-8H2,(H,25,26,27)(H3,22,24,28,30). The highest BCUT2D eigenvalue weighted by molar-refractivity contribution is 5.86. The molecular formula is C21H22N8O2. The van der Waals surface area contributed by atoms with Crippen LogP contribution >= 0.6 is 0 Å². The zero-order chi connectivity index (χ0) is 21.2. The Hall–Kier alpha value is -3.79. The Morgan fingerprint density at radius 2 is 2.13 bits per heavy atom. The van der Waals surface area contributed by atoms with Crippen molar-refractivity contribution in [3.63, 3.8) is 0 Å². The van der Waals surface area contributed by atoms with Gasteiger partial charge in [0.25, 0.3) is 5.56 Å². The van der Waals surface area contributed by atoms with Crippen molar-refractivity contribution in [1.29, 1.82) is 0 Å². The molecule has 1 aliphatic carbocycles. The van der Waals surface area contributed by atoms with E-state index in [9.17, 15) is 4.79 Å². The molecule has 0 aromatic carbocycles. The van der Waals surface area contributed by atoms with Crippen LogP contribution in [0.3, 0.4) is 0 Å². The number of aromatic amines is 1. The molecule has 2 aromatic rings. The summed E-state index contributed by atoms with van der Waals surface area (Å²) in [6.07, 6.45) is 12.4. The molecule has 1 unspecified atom stereocenters. The van der Waals surface area contributed by atoms with Crippen molar-refractivity contribution in [2.24, 2.45) is 4.99 Å². The van der Waals surface area contributed by atoms with Crippen LogP contribution in [0.2, 0.25) is 0 Å². The number of rotatable bonds is 4. The third-order valence-corrected chi connectivity index (χ3v) is 5.26. The summed E-state index contributed by atoms with van der Waals surface area (Å²) in [6, 6.07) is 1.89. The first-order valence-electron chi connectivity index (χ1n) is 10.1. The molecule has 0 radical (unpaired) electrons. The van der Waals surface area contributed by atoms with Crippen molar-refractivity contribution in [1.82, 2.24) is 19.9 Å². The van der Waals surface area contributed by atoms with Crippen LogP contribution < -0.4 is 21.5 Å². The topological polar surface area (TPSA) is 134 Å². The number of fused-ring (bicyclic) bond motifs is 1. The summed E-state index contributed by atoms with van der Waals surface area (Å²) in [7, 11) is 0. The largest absolute Gasteiger partial charge is 0.378 e. The number of ether oxygens (including phenoxy) is 1. The molecule has 1 atom stereocenters. The molecule has 4 heterocycles. The molecule has 10 heteroatoms. The normalized spacial score (nSPS) is 20.1. The van der Waals surface area contributed by atoms with Crippen LogP contribution in [0.15, 0.2) is 57.6 Å². The van der Waals surface area contributed by atoms with Gasteiger partial charge >= 0.3 is 0 Å². The number of hydrogen-bond donors (Lipinski definition) is 3. The Bertz CT molecular complexity index is 1170. The van der Waals surface area contributed by atoms with Gasteiger partial charge in [0.15, 0.2) is 5.95 Å². The average Bonchev–Trinajstić information content (AvgIpc) is 2.79. The van der Waals surface area contributed by atoms with Crippen molar-refractivity contribution in [2.45, 2.75) is 12.5 Å². The molecule has 3 aliphatic rings. The van der Waals surface area contributed by atoms with E-state index in [4.69, 9.17) is 10.5 Å². The second-order valence-electron chi connectivity index (χ2n) is 7.40. The molecule has 2 aliphatic heterocycles. The number of aromatic nitrogens is 4. The number of hydrogen-bond acceptors (Lipinski definition) is 9. The van der Waals surface area contributed by atoms with E-state index >= 15 is 0 Å². The number of allylic oxidation sites excluding steroid dienone is 3. The highest BCUT2D eigenvalue weighted by Gasteiger charge is 2.20. The summed E-state index contributed by atoms with van der Waals surface area (Å²) < 4.78 is 5.44. The van der Waals surface area contributed by atoms with Gasteiger partial charge in [-0.2, -0.15) is 4.98 Å². The third-order valence-electron chi connectivity index (χ3n) is 5.26. The quantitative estimate of drug-likeness (QED) is 0.676. The van der Waals surface area contributed by atoms with E-state index in [2.05, 4.69) is 48.5 Å². The maximum atomic E-state index is 12.5. The van der Waals surface area contributed by atoms with Crippen LogP contribution in [0.1, 0.15) is 6.42 Å². The lowest BCUT2D eigenvalue weighted by Gasteiger charge is -2.27. The summed E-state index contributed by atoms with van der Waals surface area (Å²) in [5, 5.41) is 3.31. The summed E-state index contributed by atoms with van der Waals surface area (Å²) in [5.74, 6) is 1.14. The number of anilines is 3. The number of nitrogen functional groups attached to an aromatic ring is 1. The molecule has 0 saturated carbocycles. The minimum absolute atomic E-state index is 0.0579. The van der Waals surface area contributed by atoms with Crippen LogP contribution in [0, 0.1) is 0 Å². The molecule has 0 amide bonds. The minimum Gasteiger partial charge on any atom is -0.378 e. The SMILES string of the molecule is Nc1ncc(-c2cc(NC3=CC4=CC=CCC4N=C3)nc(N3CCOCC3)n2)c(=O)[nH]1. The highest BCUT2D eigenvalue weighted by Crippen LogP contribution is 2.25. The Kier molecular flexibility index (Phi) is 5.04. The van der Waals surface area contributed by atoms with Gasteiger partial charge in [-0.25, -0.2) is 9.97 Å². The van der Waals surface area contributed by atoms with Crippen molar-refractivity contribution in [3.05, 3.63) is 58.2 Å². The van der Waals surface area contributed by atoms with Crippen LogP contribution in [-0.2, 0) is 4.74 Å². The van der Waals surface area contributed by atoms with Gasteiger partial charge in [-0.3, -0.25) is 14.8 Å². The molecule has 158 valence electrons. The number of nitrogens with one attached hydrogen (secondary N) is 2. The van der Waals surface area contributed by atoms with Crippen molar-refractivity contribution >= 4 is 23.9 Å². The van der Waals surface area contributed by atoms with Gasteiger partial charge in [0.1, 0.15) is 5.82 Å². The summed E-state index contributed by atoms with van der Waals surface area (Å²) in [4.78, 5) is 34.9. The summed E-state index contributed by atoms with van der Waals surface area (Å²) in [5.41, 5.74) is 7.98. The average molecular weight is 418 g/mol. The van der Waals surface area contributed by atoms with Crippen molar-refractivity contribution < 1.29 is 4.74 Å². The van der Waals surface area contributed by atoms with Crippen LogP contribution in [0.25, 0.3) is 11.3 Å². The van der Waals surface area contributed by atoms with Gasteiger partial charge in [-0.05, 0) is 18.1 Å². The molecule has 2 aromatic heterocycles. The molecule has 5 rings (SSSR count). The minimum atomic E-state index is -0.356. The van der Waals surface area contributed by atoms with E-state index in [1.807, 2.05) is 17.2 Å². The number of H-pyrrole nitrogens is 1. The van der Waals surface area contributed by atoms with Crippen LogP contribution in [-0.4, -0.2) is 58.5 Å². The first-order valence-corrected chi connectivity index (χ1v) is 10.1. The lowest BCUT2D eigenvalue weighted by molar-refractivity contribution is 0.122. The molecule has 10 nitrogen and oxygen atoms in total. The second-order valence-corrected chi connectivity index (χ2v) is 7.40. The van der Waals surface area contributed by atoms with Gasteiger partial charge in [0.2, 0.25) is 5.95 Å². The van der Waals surface area contributed by atoms with Crippen LogP contribution in [0.5, 0.6) is 0 Å². The fraction of sp³-hybridized carbons (Fsp3) is 0.286. The predicted molar refractivity (Wildman–Crippen MR) is 119 cm³/mol. The Morgan fingerprint density at radius 3 is 2.97 bits per heavy atom. The van der Waals surface area contributed by atoms with Gasteiger partial charge < -0.3 is 20.7 Å². The van der Waals surface area contributed by atoms with Gasteiger partial charge in [-0.1, -0.05) is 18.2 Å². The second kappa shape index (κ2) is 8.15. The van der Waals surface area contributed by atoms with E-state index in [0.29, 0.717) is 49.3 Å². The third kappa shape index (κ3) is 4.10. The molecule has 4 N–H and O–H groups in total. The Balaban J connectivity index is 1.52. The number of morpholine rings is 1. The molecule has 1 saturated heterocycles. The van der Waals surface area contributed by atoms with Gasteiger partial charge in [-0.15, -0.1) is 0 Å². The molecule has 1 fully saturated rings. The van der Waals surface area contributed by atoms with Crippen LogP contribution in [0.4, 0.5) is 17.7 Å². The fourth-order valence-electron chi connectivity index (χ4n) is 3.66. The maximum absolute atomic E-state index is 12.5. The summed E-state index contributed by atoms with van der Waals surface area (Å²) in [6.45, 7) is 2.54. The first-order chi connectivity index (χ1) is 15.2. The molecular weight excluding hydrogens is 396 g/mol. The number of nitrogens with zero attached hydrogens (tertiary/aromatic N) is 5. The van der Waals surface area contributed by atoms with Gasteiger partial charge in [0.05, 0.1) is 36.2 Å². The zero-order valence-corrected chi connectivity index (χ0v) is 16.8. The Morgan fingerprint density at radius 1 is 1.26 bits per heavy atom. The highest BCUT2D eigenvalue weighted by atomic mass is 16.5. The van der Waals surface area contributed by atoms with E-state index in [1.165, 1.54) is 6.20 Å². The van der Waals surface area contributed by atoms with E-state index in [0.717, 1.165) is 17.7 Å². The summed E-state index contributed by atoms with van der Waals surface area (Å²) >= 11 is 0. The maximum Gasteiger partial charge on any atom is 0.261 e. The van der Waals surface area contributed by atoms with E-state index in [1.54, 1.807) is 6.07 Å². The molecule has 0 spiro atoms. The lowest BCUT2D eigenvalue weighted by Crippen LogP contribution is -2.37.